The van der Waals surface area contributed by atoms with E-state index in [0.717, 1.165) is 0 Å². The van der Waals surface area contributed by atoms with Crippen LogP contribution in [-0.2, 0) is 0 Å². The van der Waals surface area contributed by atoms with E-state index in [1.54, 1.807) is 43.3 Å². The largest absolute Gasteiger partial charge is 0.294 e. The molecule has 0 fully saturated rings. The Kier molecular flexibility index (Phi) is 3.74. The molecule has 2 aromatic carbocycles. The van der Waals surface area contributed by atoms with E-state index in [0.29, 0.717) is 17.5 Å². The van der Waals surface area contributed by atoms with Gasteiger partial charge in [0.15, 0.2) is 17.4 Å². The summed E-state index contributed by atoms with van der Waals surface area (Å²) >= 11 is 0. The van der Waals surface area contributed by atoms with Crippen molar-refractivity contribution in [1.82, 2.24) is 0 Å². The Morgan fingerprint density at radius 3 is 2.21 bits per heavy atom. The Bertz CT molecular complexity index is 615. The zero-order valence-electron chi connectivity index (χ0n) is 10.8. The van der Waals surface area contributed by atoms with Gasteiger partial charge in [0.2, 0.25) is 0 Å². The van der Waals surface area contributed by atoms with Gasteiger partial charge in [0.25, 0.3) is 0 Å². The van der Waals surface area contributed by atoms with E-state index in [1.807, 2.05) is 0 Å². The van der Waals surface area contributed by atoms with Crippen molar-refractivity contribution in [3.63, 3.8) is 0 Å². The van der Waals surface area contributed by atoms with Crippen LogP contribution < -0.4 is 0 Å². The number of hydrogen-bond acceptors (Lipinski definition) is 1. The minimum atomic E-state index is -0.852. The van der Waals surface area contributed by atoms with Crippen LogP contribution in [0.4, 0.5) is 8.78 Å². The number of carbonyl (C=O) groups excluding carboxylic acids is 1. The second-order valence-electron chi connectivity index (χ2n) is 4.41. The molecule has 0 heterocycles. The first kappa shape index (κ1) is 13.4. The molecule has 2 aromatic rings. The highest BCUT2D eigenvalue weighted by Crippen LogP contribution is 2.26. The normalized spacial score (nSPS) is 10.5. The van der Waals surface area contributed by atoms with Crippen LogP contribution >= 0.6 is 0 Å². The summed E-state index contributed by atoms with van der Waals surface area (Å²) in [7, 11) is 0. The van der Waals surface area contributed by atoms with Crippen molar-refractivity contribution in [2.45, 2.75) is 20.3 Å². The first-order chi connectivity index (χ1) is 9.04. The summed E-state index contributed by atoms with van der Waals surface area (Å²) in [5.74, 6) is -1.65. The van der Waals surface area contributed by atoms with Crippen molar-refractivity contribution in [3.8, 4) is 11.1 Å². The Hall–Kier alpha value is -2.03. The Morgan fingerprint density at radius 1 is 1.00 bits per heavy atom. The Balaban J connectivity index is 2.43. The fraction of sp³-hybridized carbons (Fsp3) is 0.188. The molecule has 0 N–H and O–H groups in total. The predicted octanol–water partition coefficient (Wildman–Crippen LogP) is 4.53. The zero-order chi connectivity index (χ0) is 14.0. The second kappa shape index (κ2) is 5.31. The molecule has 0 bridgehead atoms. The van der Waals surface area contributed by atoms with Gasteiger partial charge in [0.05, 0.1) is 0 Å². The first-order valence-corrected chi connectivity index (χ1v) is 6.12. The van der Waals surface area contributed by atoms with Gasteiger partial charge in [-0.2, -0.15) is 0 Å². The van der Waals surface area contributed by atoms with E-state index in [-0.39, 0.29) is 16.9 Å². The molecule has 0 saturated carbocycles. The summed E-state index contributed by atoms with van der Waals surface area (Å²) < 4.78 is 27.3. The van der Waals surface area contributed by atoms with Crippen molar-refractivity contribution < 1.29 is 13.6 Å². The number of benzene rings is 2. The maximum absolute atomic E-state index is 13.8. The lowest BCUT2D eigenvalue weighted by molar-refractivity contribution is 0.0988. The summed E-state index contributed by atoms with van der Waals surface area (Å²) in [5.41, 5.74) is 1.63. The highest BCUT2D eigenvalue weighted by molar-refractivity contribution is 5.96. The molecule has 0 saturated heterocycles. The molecule has 0 aliphatic heterocycles. The Labute approximate surface area is 110 Å². The number of halogens is 2. The van der Waals surface area contributed by atoms with E-state index in [9.17, 15) is 13.6 Å². The number of aryl methyl sites for hydroxylation is 1. The first-order valence-electron chi connectivity index (χ1n) is 6.12. The Morgan fingerprint density at radius 2 is 1.63 bits per heavy atom. The van der Waals surface area contributed by atoms with Crippen molar-refractivity contribution in [1.29, 1.82) is 0 Å². The molecule has 1 nitrogen and oxygen atoms in total. The van der Waals surface area contributed by atoms with Gasteiger partial charge in [-0.15, -0.1) is 0 Å². The quantitative estimate of drug-likeness (QED) is 0.741. The maximum atomic E-state index is 13.8. The minimum Gasteiger partial charge on any atom is -0.294 e. The van der Waals surface area contributed by atoms with Crippen molar-refractivity contribution in [2.75, 3.05) is 0 Å². The maximum Gasteiger partial charge on any atom is 0.166 e. The lowest BCUT2D eigenvalue weighted by Gasteiger charge is -2.07. The predicted molar refractivity (Wildman–Crippen MR) is 71.2 cm³/mol. The van der Waals surface area contributed by atoms with Crippen LogP contribution in [-0.4, -0.2) is 5.78 Å². The zero-order valence-corrected chi connectivity index (χ0v) is 10.8. The molecule has 98 valence electrons. The van der Waals surface area contributed by atoms with E-state index >= 15 is 0 Å². The summed E-state index contributed by atoms with van der Waals surface area (Å²) in [5, 5.41) is 0. The molecular weight excluding hydrogens is 246 g/mol. The number of rotatable bonds is 3. The molecule has 0 atom stereocenters. The third-order valence-corrected chi connectivity index (χ3v) is 3.11. The molecule has 2 rings (SSSR count). The highest BCUT2D eigenvalue weighted by atomic mass is 19.2. The van der Waals surface area contributed by atoms with E-state index in [1.165, 1.54) is 6.92 Å². The molecule has 0 aromatic heterocycles. The minimum absolute atomic E-state index is 0.0297. The number of carbonyl (C=O) groups is 1. The topological polar surface area (TPSA) is 17.1 Å². The van der Waals surface area contributed by atoms with Gasteiger partial charge in [-0.1, -0.05) is 43.3 Å². The van der Waals surface area contributed by atoms with Gasteiger partial charge in [0.1, 0.15) is 0 Å². The summed E-state index contributed by atoms with van der Waals surface area (Å²) in [6.07, 6.45) is 0.423. The highest BCUT2D eigenvalue weighted by Gasteiger charge is 2.12. The molecule has 0 aliphatic carbocycles. The molecule has 0 unspecified atom stereocenters. The van der Waals surface area contributed by atoms with Gasteiger partial charge >= 0.3 is 0 Å². The SMILES string of the molecule is CCC(=O)c1ccc(-c2ccc(C)c(F)c2F)cc1. The van der Waals surface area contributed by atoms with Gasteiger partial charge < -0.3 is 0 Å². The van der Waals surface area contributed by atoms with Crippen LogP contribution in [0, 0.1) is 18.6 Å². The lowest BCUT2D eigenvalue weighted by Crippen LogP contribution is -1.97. The van der Waals surface area contributed by atoms with Gasteiger partial charge in [-0.25, -0.2) is 8.78 Å². The molecule has 19 heavy (non-hydrogen) atoms. The van der Waals surface area contributed by atoms with Crippen molar-refractivity contribution >= 4 is 5.78 Å². The summed E-state index contributed by atoms with van der Waals surface area (Å²) in [6, 6.07) is 9.63. The van der Waals surface area contributed by atoms with Crippen molar-refractivity contribution in [3.05, 3.63) is 59.2 Å². The van der Waals surface area contributed by atoms with E-state index in [4.69, 9.17) is 0 Å². The van der Waals surface area contributed by atoms with E-state index < -0.39 is 11.6 Å². The molecular formula is C16H14F2O. The average Bonchev–Trinajstić information content (AvgIpc) is 2.44. The van der Waals surface area contributed by atoms with Crippen molar-refractivity contribution in [2.24, 2.45) is 0 Å². The molecule has 0 amide bonds. The number of Topliss-reactive ketones (excluding diaryl/α,β-unsaturated/α-hetero) is 1. The fourth-order valence-electron chi connectivity index (χ4n) is 1.91. The second-order valence-corrected chi connectivity index (χ2v) is 4.41. The van der Waals surface area contributed by atoms with Gasteiger partial charge in [0, 0.05) is 17.5 Å². The van der Waals surface area contributed by atoms with Gasteiger partial charge in [-0.3, -0.25) is 4.79 Å². The average molecular weight is 260 g/mol. The van der Waals surface area contributed by atoms with Crippen LogP contribution in [0.1, 0.15) is 29.3 Å². The van der Waals surface area contributed by atoms with E-state index in [2.05, 4.69) is 0 Å². The smallest absolute Gasteiger partial charge is 0.166 e. The molecule has 0 radical (unpaired) electrons. The van der Waals surface area contributed by atoms with Crippen LogP contribution in [0.2, 0.25) is 0 Å². The third-order valence-electron chi connectivity index (χ3n) is 3.11. The lowest BCUT2D eigenvalue weighted by atomic mass is 10.00. The fourth-order valence-corrected chi connectivity index (χ4v) is 1.91. The number of hydrogen-bond donors (Lipinski definition) is 0. The number of ketones is 1. The standard InChI is InChI=1S/C16H14F2O/c1-3-14(19)12-7-5-11(6-8-12)13-9-4-10(2)15(17)16(13)18/h4-9H,3H2,1-2H3. The summed E-state index contributed by atoms with van der Waals surface area (Å²) in [4.78, 5) is 11.5. The molecule has 0 spiro atoms. The summed E-state index contributed by atoms with van der Waals surface area (Å²) in [6.45, 7) is 3.30. The van der Waals surface area contributed by atoms with Crippen LogP contribution in [0.3, 0.4) is 0 Å². The van der Waals surface area contributed by atoms with Gasteiger partial charge in [-0.05, 0) is 18.1 Å². The van der Waals surface area contributed by atoms with Crippen LogP contribution in [0.15, 0.2) is 36.4 Å². The molecule has 3 heteroatoms. The van der Waals surface area contributed by atoms with Crippen LogP contribution in [0.5, 0.6) is 0 Å². The molecule has 0 aliphatic rings. The van der Waals surface area contributed by atoms with Crippen LogP contribution in [0.25, 0.3) is 11.1 Å². The monoisotopic (exact) mass is 260 g/mol. The third kappa shape index (κ3) is 2.55.